The van der Waals surface area contributed by atoms with Crippen molar-refractivity contribution in [1.29, 1.82) is 0 Å². The fraction of sp³-hybridized carbons (Fsp3) is 0.462. The van der Waals surface area contributed by atoms with Crippen molar-refractivity contribution in [2.45, 2.75) is 13.0 Å². The lowest BCUT2D eigenvalue weighted by Gasteiger charge is -2.10. The molecule has 1 atom stereocenters. The molecule has 5 nitrogen and oxygen atoms in total. The molecule has 0 bridgehead atoms. The van der Waals surface area contributed by atoms with Gasteiger partial charge in [0.2, 0.25) is 0 Å². The van der Waals surface area contributed by atoms with Gasteiger partial charge in [0.05, 0.1) is 6.61 Å². The van der Waals surface area contributed by atoms with Gasteiger partial charge in [0.1, 0.15) is 24.0 Å². The van der Waals surface area contributed by atoms with Gasteiger partial charge < -0.3 is 18.9 Å². The van der Waals surface area contributed by atoms with Crippen LogP contribution in [-0.4, -0.2) is 38.7 Å². The third kappa shape index (κ3) is 3.72. The fourth-order valence-electron chi connectivity index (χ4n) is 1.36. The van der Waals surface area contributed by atoms with Crippen molar-refractivity contribution in [2.75, 3.05) is 26.6 Å². The first-order valence-corrected chi connectivity index (χ1v) is 5.89. The minimum atomic E-state index is -0.448. The van der Waals surface area contributed by atoms with E-state index in [0.717, 1.165) is 6.61 Å². The predicted octanol–water partition coefficient (Wildman–Crippen LogP) is 1.61. The Hall–Kier alpha value is -1.59. The number of epoxide rings is 1. The summed E-state index contributed by atoms with van der Waals surface area (Å²) in [6.07, 6.45) is 0.150. The Balaban J connectivity index is 1.94. The van der Waals surface area contributed by atoms with Crippen LogP contribution in [0.3, 0.4) is 0 Å². The molecule has 1 aromatic rings. The van der Waals surface area contributed by atoms with Gasteiger partial charge in [-0.15, -0.1) is 0 Å². The van der Waals surface area contributed by atoms with Crippen LogP contribution >= 0.6 is 0 Å². The highest BCUT2D eigenvalue weighted by Gasteiger charge is 2.24. The Morgan fingerprint density at radius 3 is 2.94 bits per heavy atom. The van der Waals surface area contributed by atoms with E-state index in [4.69, 9.17) is 18.9 Å². The molecule has 1 unspecified atom stereocenters. The number of ether oxygens (including phenoxy) is 4. The largest absolute Gasteiger partial charge is 0.490 e. The van der Waals surface area contributed by atoms with E-state index >= 15 is 0 Å². The highest BCUT2D eigenvalue weighted by Crippen LogP contribution is 2.21. The lowest BCUT2D eigenvalue weighted by atomic mass is 10.2. The summed E-state index contributed by atoms with van der Waals surface area (Å²) in [6.45, 7) is 3.47. The van der Waals surface area contributed by atoms with E-state index in [2.05, 4.69) is 0 Å². The molecule has 0 spiro atoms. The molecule has 5 heteroatoms. The maximum Gasteiger partial charge on any atom is 0.344 e. The monoisotopic (exact) mass is 252 g/mol. The van der Waals surface area contributed by atoms with Gasteiger partial charge in [-0.3, -0.25) is 0 Å². The molecule has 1 aromatic carbocycles. The Kier molecular flexibility index (Phi) is 4.55. The molecule has 1 fully saturated rings. The molecule has 0 aliphatic carbocycles. The number of rotatable bonds is 7. The van der Waals surface area contributed by atoms with Crippen LogP contribution in [0.5, 0.6) is 5.75 Å². The second kappa shape index (κ2) is 6.37. The van der Waals surface area contributed by atoms with Crippen molar-refractivity contribution in [1.82, 2.24) is 0 Å². The molecule has 0 saturated carbocycles. The van der Waals surface area contributed by atoms with Crippen molar-refractivity contribution >= 4 is 5.97 Å². The quantitative estimate of drug-likeness (QED) is 0.319. The van der Waals surface area contributed by atoms with Gasteiger partial charge >= 0.3 is 5.97 Å². The maximum atomic E-state index is 11.8. The number of hydrogen-bond donors (Lipinski definition) is 0. The van der Waals surface area contributed by atoms with Gasteiger partial charge in [-0.05, 0) is 19.1 Å². The topological polar surface area (TPSA) is 57.3 Å². The summed E-state index contributed by atoms with van der Waals surface area (Å²) in [5, 5.41) is 0. The molecule has 0 aromatic heterocycles. The number of para-hydroxylation sites is 1. The molecular formula is C13H16O5. The van der Waals surface area contributed by atoms with Crippen molar-refractivity contribution in [3.8, 4) is 5.75 Å². The number of carbonyl (C=O) groups excluding carboxylic acids is 1. The molecule has 1 aliphatic rings. The van der Waals surface area contributed by atoms with Gasteiger partial charge in [-0.25, -0.2) is 4.79 Å². The standard InChI is InChI=1S/C13H16O5/c1-2-15-9-18-13(14)11-5-3-4-6-12(11)17-8-10-7-16-10/h3-6,10H,2,7-9H2,1H3. The van der Waals surface area contributed by atoms with Crippen LogP contribution in [0.2, 0.25) is 0 Å². The van der Waals surface area contributed by atoms with Crippen molar-refractivity contribution in [3.63, 3.8) is 0 Å². The van der Waals surface area contributed by atoms with Gasteiger partial charge in [-0.2, -0.15) is 0 Å². The van der Waals surface area contributed by atoms with Gasteiger partial charge in [-0.1, -0.05) is 12.1 Å². The molecule has 0 radical (unpaired) electrons. The molecule has 1 heterocycles. The first kappa shape index (κ1) is 12.9. The molecule has 1 saturated heterocycles. The Bertz CT molecular complexity index is 400. The summed E-state index contributed by atoms with van der Waals surface area (Å²) in [5.74, 6) is 0.0604. The summed E-state index contributed by atoms with van der Waals surface area (Å²) < 4.78 is 20.5. The Morgan fingerprint density at radius 2 is 2.22 bits per heavy atom. The minimum absolute atomic E-state index is 0.0462. The zero-order chi connectivity index (χ0) is 12.8. The second-order valence-electron chi connectivity index (χ2n) is 3.80. The number of hydrogen-bond acceptors (Lipinski definition) is 5. The Morgan fingerprint density at radius 1 is 1.44 bits per heavy atom. The maximum absolute atomic E-state index is 11.8. The first-order chi connectivity index (χ1) is 8.81. The van der Waals surface area contributed by atoms with Crippen LogP contribution in [0.25, 0.3) is 0 Å². The molecule has 18 heavy (non-hydrogen) atoms. The number of esters is 1. The van der Waals surface area contributed by atoms with Gasteiger partial charge in [0.15, 0.2) is 6.79 Å². The van der Waals surface area contributed by atoms with Gasteiger partial charge in [0.25, 0.3) is 0 Å². The summed E-state index contributed by atoms with van der Waals surface area (Å²) in [4.78, 5) is 11.8. The lowest BCUT2D eigenvalue weighted by Crippen LogP contribution is -2.12. The fourth-order valence-corrected chi connectivity index (χ4v) is 1.36. The summed E-state index contributed by atoms with van der Waals surface area (Å²) in [7, 11) is 0. The van der Waals surface area contributed by atoms with Crippen LogP contribution in [0.4, 0.5) is 0 Å². The van der Waals surface area contributed by atoms with Crippen LogP contribution in [0, 0.1) is 0 Å². The summed E-state index contributed by atoms with van der Waals surface area (Å²) >= 11 is 0. The van der Waals surface area contributed by atoms with Crippen LogP contribution in [0.1, 0.15) is 17.3 Å². The van der Waals surface area contributed by atoms with E-state index in [1.54, 1.807) is 18.2 Å². The summed E-state index contributed by atoms with van der Waals surface area (Å²) in [5.41, 5.74) is 0.401. The smallest absolute Gasteiger partial charge is 0.344 e. The molecule has 0 amide bonds. The molecule has 0 N–H and O–H groups in total. The van der Waals surface area contributed by atoms with E-state index in [9.17, 15) is 4.79 Å². The van der Waals surface area contributed by atoms with Crippen LogP contribution in [0.15, 0.2) is 24.3 Å². The molecular weight excluding hydrogens is 236 g/mol. The summed E-state index contributed by atoms with van der Waals surface area (Å²) in [6, 6.07) is 6.97. The molecule has 1 aliphatic heterocycles. The second-order valence-corrected chi connectivity index (χ2v) is 3.80. The molecule has 98 valence electrons. The SMILES string of the molecule is CCOCOC(=O)c1ccccc1OCC1CO1. The minimum Gasteiger partial charge on any atom is -0.490 e. The van der Waals surface area contributed by atoms with Crippen molar-refractivity contribution in [3.05, 3.63) is 29.8 Å². The highest BCUT2D eigenvalue weighted by atomic mass is 16.7. The first-order valence-electron chi connectivity index (χ1n) is 5.89. The van der Waals surface area contributed by atoms with E-state index in [-0.39, 0.29) is 12.9 Å². The number of carbonyl (C=O) groups is 1. The number of benzene rings is 1. The molecule has 2 rings (SSSR count). The van der Waals surface area contributed by atoms with E-state index < -0.39 is 5.97 Å². The highest BCUT2D eigenvalue weighted by molar-refractivity contribution is 5.92. The van der Waals surface area contributed by atoms with Crippen molar-refractivity contribution < 1.29 is 23.7 Å². The van der Waals surface area contributed by atoms with E-state index in [1.165, 1.54) is 0 Å². The lowest BCUT2D eigenvalue weighted by molar-refractivity contribution is -0.0276. The normalized spacial score (nSPS) is 17.3. The van der Waals surface area contributed by atoms with Crippen LogP contribution < -0.4 is 4.74 Å². The van der Waals surface area contributed by atoms with Crippen molar-refractivity contribution in [2.24, 2.45) is 0 Å². The zero-order valence-corrected chi connectivity index (χ0v) is 10.3. The average molecular weight is 252 g/mol. The average Bonchev–Trinajstić information content (AvgIpc) is 3.21. The zero-order valence-electron chi connectivity index (χ0n) is 10.3. The van der Waals surface area contributed by atoms with E-state index in [1.807, 2.05) is 13.0 Å². The third-order valence-corrected chi connectivity index (χ3v) is 2.41. The third-order valence-electron chi connectivity index (χ3n) is 2.41. The van der Waals surface area contributed by atoms with Gasteiger partial charge in [0, 0.05) is 6.61 Å². The Labute approximate surface area is 106 Å². The predicted molar refractivity (Wildman–Crippen MR) is 63.6 cm³/mol. The van der Waals surface area contributed by atoms with E-state index in [0.29, 0.717) is 24.5 Å². The van der Waals surface area contributed by atoms with Crippen LogP contribution in [-0.2, 0) is 14.2 Å².